The number of nitrogens with zero attached hydrogens (tertiary/aromatic N) is 2. The van der Waals surface area contributed by atoms with Gasteiger partial charge < -0.3 is 0 Å². The van der Waals surface area contributed by atoms with Crippen molar-refractivity contribution < 1.29 is 9.18 Å². The second kappa shape index (κ2) is 5.85. The Kier molecular flexibility index (Phi) is 3.46. The maximum absolute atomic E-state index is 13.4. The van der Waals surface area contributed by atoms with Gasteiger partial charge in [-0.2, -0.15) is 0 Å². The van der Waals surface area contributed by atoms with Crippen LogP contribution in [0.2, 0.25) is 0 Å². The maximum Gasteiger partial charge on any atom is 0.258 e. The summed E-state index contributed by atoms with van der Waals surface area (Å²) in [5.74, 6) is -0.0742. The van der Waals surface area contributed by atoms with Crippen molar-refractivity contribution in [1.82, 2.24) is 9.97 Å². The number of hydrogen-bond donors (Lipinski definition) is 1. The highest BCUT2D eigenvalue weighted by molar-refractivity contribution is 7.22. The summed E-state index contributed by atoms with van der Waals surface area (Å²) < 4.78 is 14.1. The minimum Gasteiger partial charge on any atom is -0.298 e. The van der Waals surface area contributed by atoms with Crippen molar-refractivity contribution in [2.75, 3.05) is 5.32 Å². The number of halogens is 1. The predicted octanol–water partition coefficient (Wildman–Crippen LogP) is 5.11. The van der Waals surface area contributed by atoms with E-state index in [2.05, 4.69) is 10.3 Å². The first-order chi connectivity index (χ1) is 12.7. The van der Waals surface area contributed by atoms with E-state index in [0.717, 1.165) is 29.4 Å². The van der Waals surface area contributed by atoms with Crippen LogP contribution in [-0.4, -0.2) is 15.9 Å². The topological polar surface area (TPSA) is 54.9 Å². The lowest BCUT2D eigenvalue weighted by Gasteiger charge is -2.08. The first-order valence-electron chi connectivity index (χ1n) is 8.44. The van der Waals surface area contributed by atoms with E-state index >= 15 is 0 Å². The molecule has 0 radical (unpaired) electrons. The maximum atomic E-state index is 13.4. The summed E-state index contributed by atoms with van der Waals surface area (Å²) in [5, 5.41) is 4.15. The predicted molar refractivity (Wildman–Crippen MR) is 101 cm³/mol. The second-order valence-corrected chi connectivity index (χ2v) is 7.50. The summed E-state index contributed by atoms with van der Waals surface area (Å²) >= 11 is 1.26. The number of fused-ring (bicyclic) bond motifs is 2. The van der Waals surface area contributed by atoms with Crippen LogP contribution in [0.1, 0.15) is 34.8 Å². The Morgan fingerprint density at radius 1 is 1.08 bits per heavy atom. The highest BCUT2D eigenvalue weighted by atomic mass is 32.1. The van der Waals surface area contributed by atoms with Gasteiger partial charge in [0.15, 0.2) is 5.13 Å². The molecular weight excluding hydrogens is 349 g/mol. The van der Waals surface area contributed by atoms with Crippen molar-refractivity contribution in [3.8, 4) is 0 Å². The van der Waals surface area contributed by atoms with E-state index in [1.807, 2.05) is 30.3 Å². The molecule has 2 heterocycles. The molecule has 0 spiro atoms. The smallest absolute Gasteiger partial charge is 0.258 e. The number of aromatic nitrogens is 2. The molecular formula is C20H14FN3OS. The first kappa shape index (κ1) is 15.4. The molecule has 1 saturated carbocycles. The molecule has 1 amide bonds. The van der Waals surface area contributed by atoms with Crippen molar-refractivity contribution in [3.05, 3.63) is 65.6 Å². The molecule has 1 N–H and O–H groups in total. The summed E-state index contributed by atoms with van der Waals surface area (Å²) in [5.41, 5.74) is 3.07. The number of nitrogens with one attached hydrogen (secondary N) is 1. The van der Waals surface area contributed by atoms with Crippen LogP contribution >= 0.6 is 11.3 Å². The normalized spacial score (nSPS) is 14.0. The number of carbonyl (C=O) groups excluding carboxylic acids is 1. The van der Waals surface area contributed by atoms with Crippen molar-refractivity contribution in [2.45, 2.75) is 18.8 Å². The average molecular weight is 363 g/mol. The average Bonchev–Trinajstić information content (AvgIpc) is 3.42. The summed E-state index contributed by atoms with van der Waals surface area (Å²) in [6.45, 7) is 0. The van der Waals surface area contributed by atoms with Crippen molar-refractivity contribution in [3.63, 3.8) is 0 Å². The van der Waals surface area contributed by atoms with E-state index in [9.17, 15) is 9.18 Å². The van der Waals surface area contributed by atoms with Gasteiger partial charge in [0.1, 0.15) is 5.82 Å². The van der Waals surface area contributed by atoms with Crippen LogP contribution in [0, 0.1) is 5.82 Å². The Balaban J connectivity index is 1.54. The summed E-state index contributed by atoms with van der Waals surface area (Å²) in [6.07, 6.45) is 2.24. The highest BCUT2D eigenvalue weighted by Crippen LogP contribution is 2.40. The zero-order chi connectivity index (χ0) is 17.7. The Bertz CT molecular complexity index is 1170. The van der Waals surface area contributed by atoms with E-state index in [1.165, 1.54) is 23.5 Å². The quantitative estimate of drug-likeness (QED) is 0.550. The molecule has 128 valence electrons. The molecule has 1 aliphatic rings. The number of pyridine rings is 1. The first-order valence-corrected chi connectivity index (χ1v) is 9.26. The minimum absolute atomic E-state index is 0.218. The lowest BCUT2D eigenvalue weighted by Crippen LogP contribution is -2.13. The molecule has 2 aromatic carbocycles. The van der Waals surface area contributed by atoms with Gasteiger partial charge in [0.2, 0.25) is 0 Å². The van der Waals surface area contributed by atoms with Crippen LogP contribution in [0.5, 0.6) is 0 Å². The Hall–Kier alpha value is -2.86. The second-order valence-electron chi connectivity index (χ2n) is 6.47. The zero-order valence-corrected chi connectivity index (χ0v) is 14.5. The summed E-state index contributed by atoms with van der Waals surface area (Å²) in [6, 6.07) is 14.0. The molecule has 26 heavy (non-hydrogen) atoms. The van der Waals surface area contributed by atoms with Crippen LogP contribution < -0.4 is 5.32 Å². The van der Waals surface area contributed by atoms with Crippen LogP contribution in [0.25, 0.3) is 21.1 Å². The Labute approximate surface area is 152 Å². The Morgan fingerprint density at radius 2 is 1.92 bits per heavy atom. The number of carbonyl (C=O) groups is 1. The number of hydrogen-bond acceptors (Lipinski definition) is 4. The van der Waals surface area contributed by atoms with E-state index in [-0.39, 0.29) is 11.7 Å². The molecule has 0 aliphatic heterocycles. The van der Waals surface area contributed by atoms with Gasteiger partial charge in [-0.05, 0) is 43.2 Å². The van der Waals surface area contributed by atoms with E-state index in [1.54, 1.807) is 6.07 Å². The van der Waals surface area contributed by atoms with Crippen molar-refractivity contribution >= 4 is 43.5 Å². The van der Waals surface area contributed by atoms with Gasteiger partial charge in [0.05, 0.1) is 21.3 Å². The summed E-state index contributed by atoms with van der Waals surface area (Å²) in [7, 11) is 0. The molecule has 1 aliphatic carbocycles. The molecule has 1 fully saturated rings. The number of benzene rings is 2. The molecule has 0 saturated heterocycles. The molecule has 5 rings (SSSR count). The third-order valence-electron chi connectivity index (χ3n) is 4.55. The molecule has 4 nitrogen and oxygen atoms in total. The van der Waals surface area contributed by atoms with Gasteiger partial charge in [0.25, 0.3) is 5.91 Å². The SMILES string of the molecule is O=C(Nc1nc2ccc(F)cc2s1)c1cc(C2CC2)nc2ccccc12. The monoisotopic (exact) mass is 363 g/mol. The van der Waals surface area contributed by atoms with E-state index in [4.69, 9.17) is 4.98 Å². The lowest BCUT2D eigenvalue weighted by atomic mass is 10.1. The number of thiazole rings is 1. The third-order valence-corrected chi connectivity index (χ3v) is 5.48. The standard InChI is InChI=1S/C20H14FN3OS/c21-12-7-8-16-18(9-12)26-20(23-16)24-19(25)14-10-17(11-5-6-11)22-15-4-2-1-3-13(14)15/h1-4,7-11H,5-6H2,(H,23,24,25). The molecule has 6 heteroatoms. The fourth-order valence-corrected chi connectivity index (χ4v) is 3.97. The van der Waals surface area contributed by atoms with Gasteiger partial charge in [-0.15, -0.1) is 0 Å². The van der Waals surface area contributed by atoms with E-state index < -0.39 is 0 Å². The van der Waals surface area contributed by atoms with Gasteiger partial charge in [-0.1, -0.05) is 29.5 Å². The van der Waals surface area contributed by atoms with Crippen LogP contribution in [0.4, 0.5) is 9.52 Å². The molecule has 4 aromatic rings. The van der Waals surface area contributed by atoms with E-state index in [0.29, 0.717) is 26.8 Å². The van der Waals surface area contributed by atoms with Gasteiger partial charge in [0, 0.05) is 17.0 Å². The molecule has 0 unspecified atom stereocenters. The van der Waals surface area contributed by atoms with Crippen molar-refractivity contribution in [2.24, 2.45) is 0 Å². The molecule has 2 aromatic heterocycles. The molecule has 0 bridgehead atoms. The van der Waals surface area contributed by atoms with Gasteiger partial charge in [-0.25, -0.2) is 9.37 Å². The van der Waals surface area contributed by atoms with Crippen LogP contribution in [0.15, 0.2) is 48.5 Å². The zero-order valence-electron chi connectivity index (χ0n) is 13.7. The van der Waals surface area contributed by atoms with Gasteiger partial charge in [-0.3, -0.25) is 15.1 Å². The number of rotatable bonds is 3. The lowest BCUT2D eigenvalue weighted by molar-refractivity contribution is 0.102. The van der Waals surface area contributed by atoms with Crippen LogP contribution in [-0.2, 0) is 0 Å². The number of amides is 1. The fraction of sp³-hybridized carbons (Fsp3) is 0.150. The molecule has 0 atom stereocenters. The number of para-hydroxylation sites is 1. The van der Waals surface area contributed by atoms with Crippen molar-refractivity contribution in [1.29, 1.82) is 0 Å². The fourth-order valence-electron chi connectivity index (χ4n) is 3.09. The van der Waals surface area contributed by atoms with Gasteiger partial charge >= 0.3 is 0 Å². The highest BCUT2D eigenvalue weighted by Gasteiger charge is 2.27. The number of anilines is 1. The third kappa shape index (κ3) is 2.72. The largest absolute Gasteiger partial charge is 0.298 e. The van der Waals surface area contributed by atoms with Crippen LogP contribution in [0.3, 0.4) is 0 Å². The Morgan fingerprint density at radius 3 is 2.77 bits per heavy atom. The minimum atomic E-state index is -0.312. The summed E-state index contributed by atoms with van der Waals surface area (Å²) in [4.78, 5) is 22.0.